The summed E-state index contributed by atoms with van der Waals surface area (Å²) < 4.78 is 12.6. The Kier molecular flexibility index (Phi) is 8.18. The number of nitriles is 1. The fraction of sp³-hybridized carbons (Fsp3) is 0.143. The number of hydrogen-bond donors (Lipinski definition) is 1. The van der Waals surface area contributed by atoms with Crippen LogP contribution < -0.4 is 14.8 Å². The molecule has 4 aromatic rings. The van der Waals surface area contributed by atoms with Gasteiger partial charge < -0.3 is 14.8 Å². The molecule has 0 bridgehead atoms. The molecule has 1 N–H and O–H groups in total. The lowest BCUT2D eigenvalue weighted by Gasteiger charge is -2.09. The Morgan fingerprint density at radius 2 is 1.89 bits per heavy atom. The van der Waals surface area contributed by atoms with E-state index in [9.17, 15) is 10.1 Å². The van der Waals surface area contributed by atoms with Crippen molar-refractivity contribution >= 4 is 23.6 Å². The van der Waals surface area contributed by atoms with E-state index in [0.717, 1.165) is 16.7 Å². The van der Waals surface area contributed by atoms with Gasteiger partial charge in [-0.05, 0) is 53.6 Å². The smallest absolute Gasteiger partial charge is 0.262 e. The Hall–Kier alpha value is -4.61. The maximum Gasteiger partial charge on any atom is 0.262 e. The number of aromatic nitrogens is 3. The second kappa shape index (κ2) is 11.9. The van der Waals surface area contributed by atoms with Gasteiger partial charge in [-0.3, -0.25) is 14.5 Å². The highest BCUT2D eigenvalue weighted by Gasteiger charge is 2.16. The molecule has 0 aliphatic heterocycles. The van der Waals surface area contributed by atoms with Crippen LogP contribution in [0.3, 0.4) is 0 Å². The molecule has 4 rings (SSSR count). The lowest BCUT2D eigenvalue weighted by atomic mass is 10.1. The fourth-order valence-electron chi connectivity index (χ4n) is 3.69. The van der Waals surface area contributed by atoms with E-state index in [4.69, 9.17) is 26.2 Å². The molecular weight excluding hydrogens is 490 g/mol. The van der Waals surface area contributed by atoms with E-state index in [1.54, 1.807) is 55.7 Å². The zero-order valence-corrected chi connectivity index (χ0v) is 21.1. The molecule has 0 unspecified atom stereocenters. The Labute approximate surface area is 219 Å². The van der Waals surface area contributed by atoms with Crippen LogP contribution in [-0.2, 0) is 17.9 Å². The molecule has 2 aromatic heterocycles. The highest BCUT2D eigenvalue weighted by molar-refractivity contribution is 6.30. The summed E-state index contributed by atoms with van der Waals surface area (Å²) in [5.74, 6) is 0.628. The van der Waals surface area contributed by atoms with E-state index in [1.807, 2.05) is 42.5 Å². The maximum atomic E-state index is 12.8. The molecule has 186 valence electrons. The number of carbonyl (C=O) groups is 1. The summed E-state index contributed by atoms with van der Waals surface area (Å²) in [5.41, 5.74) is 3.71. The van der Waals surface area contributed by atoms with Crippen molar-refractivity contribution in [2.24, 2.45) is 0 Å². The molecule has 2 aromatic carbocycles. The maximum absolute atomic E-state index is 12.8. The van der Waals surface area contributed by atoms with Crippen LogP contribution in [0.2, 0.25) is 5.02 Å². The molecule has 2 heterocycles. The Bertz CT molecular complexity index is 1460. The number of methoxy groups -OCH3 is 2. The minimum Gasteiger partial charge on any atom is -0.493 e. The van der Waals surface area contributed by atoms with E-state index in [2.05, 4.69) is 10.3 Å². The molecule has 0 spiro atoms. The van der Waals surface area contributed by atoms with Gasteiger partial charge in [0.05, 0.1) is 26.5 Å². The number of amides is 1. The van der Waals surface area contributed by atoms with Crippen LogP contribution in [0.25, 0.3) is 17.3 Å². The molecule has 0 saturated heterocycles. The van der Waals surface area contributed by atoms with Gasteiger partial charge in [-0.25, -0.2) is 0 Å². The zero-order chi connectivity index (χ0) is 26.2. The monoisotopic (exact) mass is 513 g/mol. The molecule has 0 aliphatic rings. The summed E-state index contributed by atoms with van der Waals surface area (Å²) in [7, 11) is 3.12. The van der Waals surface area contributed by atoms with Gasteiger partial charge in [0, 0.05) is 41.3 Å². The van der Waals surface area contributed by atoms with Crippen molar-refractivity contribution in [1.29, 1.82) is 5.26 Å². The van der Waals surface area contributed by atoms with E-state index < -0.39 is 5.91 Å². The van der Waals surface area contributed by atoms with E-state index in [-0.39, 0.29) is 12.1 Å². The largest absolute Gasteiger partial charge is 0.493 e. The van der Waals surface area contributed by atoms with Crippen LogP contribution in [0.5, 0.6) is 11.5 Å². The summed E-state index contributed by atoms with van der Waals surface area (Å²) in [4.78, 5) is 16.9. The molecule has 9 heteroatoms. The van der Waals surface area contributed by atoms with Crippen molar-refractivity contribution in [3.8, 4) is 28.8 Å². The van der Waals surface area contributed by atoms with Crippen molar-refractivity contribution in [3.63, 3.8) is 0 Å². The van der Waals surface area contributed by atoms with Crippen LogP contribution in [0, 0.1) is 11.3 Å². The minimum atomic E-state index is -0.491. The standard InChI is InChI=1S/C28H24ClN5O3/c1-36-25-10-7-21(13-26(25)37-2)27-23(18-34(33-27)17-19-5-8-24(29)9-6-19)12-22(14-30)28(35)32-16-20-4-3-11-31-15-20/h3-13,15,18H,16-17H2,1-2H3,(H,32,35)/b22-12+. The Morgan fingerprint density at radius 1 is 1.11 bits per heavy atom. The van der Waals surface area contributed by atoms with Crippen molar-refractivity contribution in [2.45, 2.75) is 13.1 Å². The highest BCUT2D eigenvalue weighted by atomic mass is 35.5. The average molecular weight is 514 g/mol. The van der Waals surface area contributed by atoms with Crippen molar-refractivity contribution in [1.82, 2.24) is 20.1 Å². The highest BCUT2D eigenvalue weighted by Crippen LogP contribution is 2.33. The lowest BCUT2D eigenvalue weighted by Crippen LogP contribution is -2.24. The molecule has 0 aliphatic carbocycles. The third kappa shape index (κ3) is 6.34. The number of ether oxygens (including phenoxy) is 2. The first-order valence-electron chi connectivity index (χ1n) is 11.3. The van der Waals surface area contributed by atoms with Gasteiger partial charge in [-0.2, -0.15) is 10.4 Å². The molecule has 0 saturated carbocycles. The number of pyridine rings is 1. The predicted molar refractivity (Wildman–Crippen MR) is 141 cm³/mol. The normalized spacial score (nSPS) is 11.0. The molecule has 37 heavy (non-hydrogen) atoms. The van der Waals surface area contributed by atoms with Gasteiger partial charge >= 0.3 is 0 Å². The first-order chi connectivity index (χ1) is 18.0. The Balaban J connectivity index is 1.69. The lowest BCUT2D eigenvalue weighted by molar-refractivity contribution is -0.117. The van der Waals surface area contributed by atoms with Crippen LogP contribution in [0.15, 0.2) is 78.8 Å². The van der Waals surface area contributed by atoms with Gasteiger partial charge in [0.2, 0.25) is 0 Å². The number of nitrogens with zero attached hydrogens (tertiary/aromatic N) is 4. The number of halogens is 1. The SMILES string of the molecule is COc1ccc(-c2nn(Cc3ccc(Cl)cc3)cc2/C=C(\C#N)C(=O)NCc2cccnc2)cc1OC. The zero-order valence-electron chi connectivity index (χ0n) is 20.3. The molecule has 0 atom stereocenters. The van der Waals surface area contributed by atoms with E-state index in [1.165, 1.54) is 6.08 Å². The van der Waals surface area contributed by atoms with Crippen LogP contribution in [-0.4, -0.2) is 34.9 Å². The first-order valence-corrected chi connectivity index (χ1v) is 11.7. The summed E-state index contributed by atoms with van der Waals surface area (Å²) in [5, 5.41) is 17.9. The molecule has 1 amide bonds. The summed E-state index contributed by atoms with van der Waals surface area (Å²) in [6.45, 7) is 0.727. The number of carbonyl (C=O) groups excluding carboxylic acids is 1. The fourth-order valence-corrected chi connectivity index (χ4v) is 3.82. The van der Waals surface area contributed by atoms with Crippen LogP contribution >= 0.6 is 11.6 Å². The molecule has 0 fully saturated rings. The van der Waals surface area contributed by atoms with Crippen LogP contribution in [0.4, 0.5) is 0 Å². The van der Waals surface area contributed by atoms with Gasteiger partial charge in [-0.15, -0.1) is 0 Å². The van der Waals surface area contributed by atoms with Crippen LogP contribution in [0.1, 0.15) is 16.7 Å². The topological polar surface area (TPSA) is 102 Å². The first kappa shape index (κ1) is 25.5. The van der Waals surface area contributed by atoms with Gasteiger partial charge in [0.1, 0.15) is 11.6 Å². The molecular formula is C28H24ClN5O3. The second-order valence-corrected chi connectivity index (χ2v) is 8.48. The summed E-state index contributed by atoms with van der Waals surface area (Å²) >= 11 is 6.02. The van der Waals surface area contributed by atoms with Gasteiger partial charge in [0.15, 0.2) is 11.5 Å². The number of nitrogens with one attached hydrogen (secondary N) is 1. The Morgan fingerprint density at radius 3 is 2.57 bits per heavy atom. The summed E-state index contributed by atoms with van der Waals surface area (Å²) in [6, 6.07) is 18.5. The second-order valence-electron chi connectivity index (χ2n) is 8.04. The third-order valence-corrected chi connectivity index (χ3v) is 5.80. The average Bonchev–Trinajstić information content (AvgIpc) is 3.33. The number of hydrogen-bond acceptors (Lipinski definition) is 6. The molecule has 8 nitrogen and oxygen atoms in total. The van der Waals surface area contributed by atoms with Gasteiger partial charge in [0.25, 0.3) is 5.91 Å². The summed E-state index contributed by atoms with van der Waals surface area (Å²) in [6.07, 6.45) is 6.65. The quantitative estimate of drug-likeness (QED) is 0.252. The number of benzene rings is 2. The van der Waals surface area contributed by atoms with Crippen molar-refractivity contribution in [3.05, 3.63) is 100 Å². The predicted octanol–water partition coefficient (Wildman–Crippen LogP) is 4.89. The minimum absolute atomic E-state index is 0.0448. The molecule has 0 radical (unpaired) electrons. The van der Waals surface area contributed by atoms with Gasteiger partial charge in [-0.1, -0.05) is 29.8 Å². The van der Waals surface area contributed by atoms with E-state index >= 15 is 0 Å². The van der Waals surface area contributed by atoms with E-state index in [0.29, 0.717) is 34.3 Å². The van der Waals surface area contributed by atoms with Crippen molar-refractivity contribution in [2.75, 3.05) is 14.2 Å². The third-order valence-electron chi connectivity index (χ3n) is 5.55. The van der Waals surface area contributed by atoms with Crippen molar-refractivity contribution < 1.29 is 14.3 Å². The number of rotatable bonds is 9.